The highest BCUT2D eigenvalue weighted by Crippen LogP contribution is 2.40. The fraction of sp³-hybridized carbons (Fsp3) is 0.357. The van der Waals surface area contributed by atoms with Crippen molar-refractivity contribution in [2.75, 3.05) is 49.6 Å². The van der Waals surface area contributed by atoms with E-state index in [1.807, 2.05) is 22.7 Å². The van der Waals surface area contributed by atoms with Crippen LogP contribution in [0.2, 0.25) is 0 Å². The van der Waals surface area contributed by atoms with Gasteiger partial charge in [-0.2, -0.15) is 18.3 Å². The molecule has 0 atom stereocenters. The number of hydrogen-bond acceptors (Lipinski definition) is 7. The van der Waals surface area contributed by atoms with Crippen LogP contribution < -0.4 is 16.4 Å². The van der Waals surface area contributed by atoms with Gasteiger partial charge in [0.15, 0.2) is 0 Å². The lowest BCUT2D eigenvalue weighted by Gasteiger charge is -2.33. The molecular weight excluding hydrogens is 535 g/mol. The van der Waals surface area contributed by atoms with E-state index in [-0.39, 0.29) is 23.6 Å². The number of benzene rings is 1. The molecule has 4 heterocycles. The van der Waals surface area contributed by atoms with E-state index in [0.717, 1.165) is 42.9 Å². The number of nitrogens with zero attached hydrogens (tertiary/aromatic N) is 6. The fourth-order valence-electron chi connectivity index (χ4n) is 5.10. The summed E-state index contributed by atoms with van der Waals surface area (Å²) in [6.07, 6.45) is 0.778. The molecule has 1 saturated heterocycles. The van der Waals surface area contributed by atoms with E-state index in [1.165, 1.54) is 12.1 Å². The van der Waals surface area contributed by atoms with Crippen molar-refractivity contribution in [1.82, 2.24) is 29.5 Å². The molecule has 0 bridgehead atoms. The Balaban J connectivity index is 1.15. The molecule has 2 aliphatic rings. The smallest absolute Gasteiger partial charge is 0.383 e. The van der Waals surface area contributed by atoms with E-state index in [0.29, 0.717) is 36.2 Å². The third-order valence-electron chi connectivity index (χ3n) is 7.48. The normalized spacial score (nSPS) is 16.7. The number of likely N-dealkylation sites (N-methyl/N-ethyl adjacent to an activating group) is 1. The number of fused-ring (bicyclic) bond motifs is 1. The molecule has 0 radical (unpaired) electrons. The van der Waals surface area contributed by atoms with E-state index >= 15 is 0 Å². The SMILES string of the molecule is CN1CCN(Cc2ccc(NC(=O)Nc3ccc(-c4nn(C5CC5)c5ccnc(N)c45)cn3)cc2C(F)(F)F)CC1. The van der Waals surface area contributed by atoms with Gasteiger partial charge in [0.05, 0.1) is 22.5 Å². The first-order chi connectivity index (χ1) is 19.7. The molecule has 2 amide bonds. The van der Waals surface area contributed by atoms with Gasteiger partial charge in [-0.3, -0.25) is 14.9 Å². The number of pyridine rings is 2. The standard InChI is InChI=1S/C28H30F3N9O/c1-38-10-12-39(13-11-38)16-18-2-4-19(14-21(18)28(29,30)31)35-27(41)36-23-7-3-17(15-34-23)25-24-22(8-9-33-26(24)32)40(37-25)20-5-6-20/h2-4,7-9,14-15,20H,5-6,10-13,16H2,1H3,(H2,32,33)(H2,34,35,36,41). The van der Waals surface area contributed by atoms with Crippen LogP contribution >= 0.6 is 0 Å². The highest BCUT2D eigenvalue weighted by Gasteiger charge is 2.34. The zero-order valence-electron chi connectivity index (χ0n) is 22.4. The lowest BCUT2D eigenvalue weighted by molar-refractivity contribution is -0.138. The Kier molecular flexibility index (Phi) is 6.99. The molecule has 13 heteroatoms. The van der Waals surface area contributed by atoms with Crippen LogP contribution in [0.4, 0.5) is 35.3 Å². The van der Waals surface area contributed by atoms with Gasteiger partial charge in [-0.05, 0) is 55.8 Å². The Bertz CT molecular complexity index is 1570. The Morgan fingerprint density at radius 3 is 2.51 bits per heavy atom. The molecule has 10 nitrogen and oxygen atoms in total. The van der Waals surface area contributed by atoms with Crippen molar-refractivity contribution in [2.45, 2.75) is 31.6 Å². The van der Waals surface area contributed by atoms with Crippen LogP contribution in [0.5, 0.6) is 0 Å². The highest BCUT2D eigenvalue weighted by atomic mass is 19.4. The van der Waals surface area contributed by atoms with E-state index in [2.05, 4.69) is 25.5 Å². The Morgan fingerprint density at radius 2 is 1.83 bits per heavy atom. The van der Waals surface area contributed by atoms with Crippen molar-refractivity contribution in [3.63, 3.8) is 0 Å². The molecule has 1 aliphatic heterocycles. The lowest BCUT2D eigenvalue weighted by atomic mass is 10.0. The maximum atomic E-state index is 13.9. The Hall–Kier alpha value is -4.23. The third kappa shape index (κ3) is 5.81. The number of amides is 2. The van der Waals surface area contributed by atoms with Gasteiger partial charge in [0.1, 0.15) is 17.3 Å². The number of piperazine rings is 1. The van der Waals surface area contributed by atoms with Gasteiger partial charge in [-0.25, -0.2) is 14.8 Å². The fourth-order valence-corrected chi connectivity index (χ4v) is 5.10. The predicted molar refractivity (Wildman–Crippen MR) is 150 cm³/mol. The summed E-state index contributed by atoms with van der Waals surface area (Å²) < 4.78 is 43.7. The molecule has 4 aromatic rings. The summed E-state index contributed by atoms with van der Waals surface area (Å²) in [5.74, 6) is 0.602. The molecule has 1 aliphatic carbocycles. The zero-order chi connectivity index (χ0) is 28.7. The van der Waals surface area contributed by atoms with Gasteiger partial charge in [-0.15, -0.1) is 0 Å². The number of aromatic nitrogens is 4. The summed E-state index contributed by atoms with van der Waals surface area (Å²) in [5.41, 5.74) is 7.88. The van der Waals surface area contributed by atoms with Crippen LogP contribution in [0.25, 0.3) is 22.2 Å². The number of nitrogen functional groups attached to an aromatic ring is 1. The van der Waals surface area contributed by atoms with Crippen molar-refractivity contribution in [3.8, 4) is 11.3 Å². The number of rotatable bonds is 6. The van der Waals surface area contributed by atoms with Gasteiger partial charge < -0.3 is 16.0 Å². The van der Waals surface area contributed by atoms with Crippen molar-refractivity contribution in [1.29, 1.82) is 0 Å². The van der Waals surface area contributed by atoms with Gasteiger partial charge in [0.25, 0.3) is 0 Å². The average Bonchev–Trinajstić information content (AvgIpc) is 3.70. The lowest BCUT2D eigenvalue weighted by Crippen LogP contribution is -2.44. The Morgan fingerprint density at radius 1 is 1.05 bits per heavy atom. The van der Waals surface area contributed by atoms with Gasteiger partial charge in [-0.1, -0.05) is 6.07 Å². The summed E-state index contributed by atoms with van der Waals surface area (Å²) in [5, 5.41) is 10.6. The quantitative estimate of drug-likeness (QED) is 0.307. The highest BCUT2D eigenvalue weighted by molar-refractivity contribution is 6.01. The number of urea groups is 1. The minimum Gasteiger partial charge on any atom is -0.383 e. The third-order valence-corrected chi connectivity index (χ3v) is 7.48. The molecule has 0 spiro atoms. The molecule has 4 N–H and O–H groups in total. The van der Waals surface area contributed by atoms with E-state index in [1.54, 1.807) is 24.5 Å². The maximum absolute atomic E-state index is 13.9. The summed E-state index contributed by atoms with van der Waals surface area (Å²) >= 11 is 0. The van der Waals surface area contributed by atoms with E-state index in [4.69, 9.17) is 10.8 Å². The van der Waals surface area contributed by atoms with Gasteiger partial charge in [0.2, 0.25) is 0 Å². The van der Waals surface area contributed by atoms with Crippen LogP contribution in [0, 0.1) is 0 Å². The van der Waals surface area contributed by atoms with Crippen molar-refractivity contribution in [2.24, 2.45) is 0 Å². The molecule has 1 saturated carbocycles. The largest absolute Gasteiger partial charge is 0.416 e. The minimum absolute atomic E-state index is 0.0358. The maximum Gasteiger partial charge on any atom is 0.416 e. The summed E-state index contributed by atoms with van der Waals surface area (Å²) in [6.45, 7) is 3.21. The van der Waals surface area contributed by atoms with E-state index < -0.39 is 17.8 Å². The number of alkyl halides is 3. The summed E-state index contributed by atoms with van der Waals surface area (Å²) in [4.78, 5) is 25.3. The van der Waals surface area contributed by atoms with Crippen LogP contribution in [-0.4, -0.2) is 68.8 Å². The minimum atomic E-state index is -4.55. The number of nitrogens with two attached hydrogens (primary N) is 1. The van der Waals surface area contributed by atoms with E-state index in [9.17, 15) is 18.0 Å². The number of carbonyl (C=O) groups is 1. The average molecular weight is 566 g/mol. The number of hydrogen-bond donors (Lipinski definition) is 3. The second-order valence-electron chi connectivity index (χ2n) is 10.6. The molecule has 1 aromatic carbocycles. The molecule has 6 rings (SSSR count). The first kappa shape index (κ1) is 27.0. The summed E-state index contributed by atoms with van der Waals surface area (Å²) in [6, 6.07) is 8.75. The molecule has 0 unspecified atom stereocenters. The first-order valence-corrected chi connectivity index (χ1v) is 13.4. The topological polar surface area (TPSA) is 117 Å². The first-order valence-electron chi connectivity index (χ1n) is 13.4. The van der Waals surface area contributed by atoms with Crippen LogP contribution in [-0.2, 0) is 12.7 Å². The molecule has 3 aromatic heterocycles. The van der Waals surface area contributed by atoms with Gasteiger partial charge >= 0.3 is 12.2 Å². The molecular formula is C28H30F3N9O. The zero-order valence-corrected chi connectivity index (χ0v) is 22.4. The van der Waals surface area contributed by atoms with Crippen LogP contribution in [0.15, 0.2) is 48.8 Å². The Labute approximate surface area is 234 Å². The molecule has 41 heavy (non-hydrogen) atoms. The predicted octanol–water partition coefficient (Wildman–Crippen LogP) is 4.82. The second kappa shape index (κ2) is 10.6. The van der Waals surface area contributed by atoms with Crippen molar-refractivity contribution < 1.29 is 18.0 Å². The number of nitrogens with one attached hydrogen (secondary N) is 2. The number of carbonyl (C=O) groups excluding carboxylic acids is 1. The van der Waals surface area contributed by atoms with Gasteiger partial charge in [0, 0.05) is 56.4 Å². The van der Waals surface area contributed by atoms with Crippen molar-refractivity contribution >= 4 is 34.3 Å². The monoisotopic (exact) mass is 565 g/mol. The summed E-state index contributed by atoms with van der Waals surface area (Å²) in [7, 11) is 1.99. The van der Waals surface area contributed by atoms with Crippen LogP contribution in [0.3, 0.4) is 0 Å². The second-order valence-corrected chi connectivity index (χ2v) is 10.6. The number of anilines is 3. The van der Waals surface area contributed by atoms with Crippen molar-refractivity contribution in [3.05, 3.63) is 59.9 Å². The van der Waals surface area contributed by atoms with Crippen LogP contribution in [0.1, 0.15) is 30.0 Å². The molecule has 214 valence electrons. The molecule has 2 fully saturated rings. The number of halogens is 3.